The number of nitrogens with one attached hydrogen (secondary N) is 2. The summed E-state index contributed by atoms with van der Waals surface area (Å²) in [6, 6.07) is 7.37. The molecular formula is C14H18BrN3O2S. The molecule has 0 radical (unpaired) electrons. The Bertz CT molecular complexity index is 704. The summed E-state index contributed by atoms with van der Waals surface area (Å²) in [5.74, 6) is 0. The van der Waals surface area contributed by atoms with Gasteiger partial charge in [-0.05, 0) is 38.0 Å². The second-order valence-corrected chi connectivity index (χ2v) is 7.46. The van der Waals surface area contributed by atoms with Crippen molar-refractivity contribution in [1.82, 2.24) is 14.9 Å². The van der Waals surface area contributed by atoms with E-state index >= 15 is 0 Å². The number of H-pyrrole nitrogens is 1. The van der Waals surface area contributed by atoms with Crippen LogP contribution in [-0.2, 0) is 10.0 Å². The summed E-state index contributed by atoms with van der Waals surface area (Å²) in [7, 11) is -3.60. The predicted octanol–water partition coefficient (Wildman–Crippen LogP) is 3.22. The molecule has 1 aromatic carbocycles. The third-order valence-electron chi connectivity index (χ3n) is 3.31. The number of aryl methyl sites for hydroxylation is 2. The van der Waals surface area contributed by atoms with Gasteiger partial charge in [-0.15, -0.1) is 0 Å². The molecule has 1 heterocycles. The molecule has 1 unspecified atom stereocenters. The highest BCUT2D eigenvalue weighted by Crippen LogP contribution is 2.24. The molecule has 0 fully saturated rings. The van der Waals surface area contributed by atoms with Crippen molar-refractivity contribution in [1.29, 1.82) is 0 Å². The maximum Gasteiger partial charge on any atom is 0.244 e. The standard InChI is InChI=1S/C14H18BrN3O2S/c1-4-13(11-5-7-12(15)8-6-11)18-21(19,20)14-9(2)16-17-10(14)3/h5-8,13,18H,4H2,1-3H3,(H,16,17). The summed E-state index contributed by atoms with van der Waals surface area (Å²) in [6.07, 6.45) is 0.664. The molecule has 21 heavy (non-hydrogen) atoms. The van der Waals surface area contributed by atoms with Gasteiger partial charge in [-0.2, -0.15) is 5.10 Å². The molecule has 0 spiro atoms. The van der Waals surface area contributed by atoms with Crippen molar-refractivity contribution in [2.45, 2.75) is 38.1 Å². The SMILES string of the molecule is CCC(NS(=O)(=O)c1c(C)n[nH]c1C)c1ccc(Br)cc1. The molecule has 0 amide bonds. The smallest absolute Gasteiger partial charge is 0.244 e. The van der Waals surface area contributed by atoms with Crippen LogP contribution in [0.15, 0.2) is 33.6 Å². The minimum atomic E-state index is -3.60. The van der Waals surface area contributed by atoms with Crippen LogP contribution < -0.4 is 4.72 Å². The lowest BCUT2D eigenvalue weighted by molar-refractivity contribution is 0.549. The zero-order valence-corrected chi connectivity index (χ0v) is 14.5. The summed E-state index contributed by atoms with van der Waals surface area (Å²) >= 11 is 3.38. The zero-order valence-electron chi connectivity index (χ0n) is 12.1. The molecule has 114 valence electrons. The molecule has 1 atom stereocenters. The second kappa shape index (κ2) is 6.29. The molecule has 7 heteroatoms. The van der Waals surface area contributed by atoms with E-state index in [9.17, 15) is 8.42 Å². The minimum absolute atomic E-state index is 0.234. The number of rotatable bonds is 5. The van der Waals surface area contributed by atoms with Gasteiger partial charge in [0.05, 0.1) is 11.4 Å². The van der Waals surface area contributed by atoms with Crippen molar-refractivity contribution in [2.24, 2.45) is 0 Å². The van der Waals surface area contributed by atoms with Gasteiger partial charge in [0.15, 0.2) is 0 Å². The Labute approximate surface area is 133 Å². The molecule has 1 aromatic heterocycles. The molecule has 5 nitrogen and oxygen atoms in total. The number of halogens is 1. The number of nitrogens with zero attached hydrogens (tertiary/aromatic N) is 1. The highest BCUT2D eigenvalue weighted by molar-refractivity contribution is 9.10. The Morgan fingerprint density at radius 1 is 1.29 bits per heavy atom. The Hall–Kier alpha value is -1.18. The van der Waals surface area contributed by atoms with Gasteiger partial charge in [-0.25, -0.2) is 13.1 Å². The number of hydrogen-bond acceptors (Lipinski definition) is 3. The number of hydrogen-bond donors (Lipinski definition) is 2. The van der Waals surface area contributed by atoms with Crippen molar-refractivity contribution in [2.75, 3.05) is 0 Å². The van der Waals surface area contributed by atoms with Crippen molar-refractivity contribution in [3.8, 4) is 0 Å². The molecule has 0 aliphatic carbocycles. The molecule has 0 aliphatic heterocycles. The fraction of sp³-hybridized carbons (Fsp3) is 0.357. The fourth-order valence-corrected chi connectivity index (χ4v) is 4.21. The summed E-state index contributed by atoms with van der Waals surface area (Å²) in [5, 5.41) is 6.66. The zero-order chi connectivity index (χ0) is 15.6. The average Bonchev–Trinajstić information content (AvgIpc) is 2.77. The van der Waals surface area contributed by atoms with E-state index in [2.05, 4.69) is 30.8 Å². The third-order valence-corrected chi connectivity index (χ3v) is 5.57. The van der Waals surface area contributed by atoms with Crippen LogP contribution in [0.1, 0.15) is 36.3 Å². The monoisotopic (exact) mass is 371 g/mol. The summed E-state index contributed by atoms with van der Waals surface area (Å²) < 4.78 is 28.9. The Morgan fingerprint density at radius 3 is 2.38 bits per heavy atom. The van der Waals surface area contributed by atoms with Crippen LogP contribution in [0, 0.1) is 13.8 Å². The van der Waals surface area contributed by atoms with Crippen molar-refractivity contribution in [3.63, 3.8) is 0 Å². The van der Waals surface area contributed by atoms with E-state index in [1.54, 1.807) is 13.8 Å². The van der Waals surface area contributed by atoms with Crippen LogP contribution >= 0.6 is 15.9 Å². The average molecular weight is 372 g/mol. The van der Waals surface area contributed by atoms with E-state index in [1.807, 2.05) is 31.2 Å². The summed E-state index contributed by atoms with van der Waals surface area (Å²) in [4.78, 5) is 0.234. The van der Waals surface area contributed by atoms with Crippen molar-refractivity contribution >= 4 is 26.0 Å². The number of sulfonamides is 1. The van der Waals surface area contributed by atoms with Gasteiger partial charge in [-0.3, -0.25) is 5.10 Å². The molecule has 0 aliphatic rings. The van der Waals surface area contributed by atoms with E-state index < -0.39 is 10.0 Å². The van der Waals surface area contributed by atoms with E-state index in [4.69, 9.17) is 0 Å². The topological polar surface area (TPSA) is 74.8 Å². The second-order valence-electron chi connectivity index (χ2n) is 4.90. The lowest BCUT2D eigenvalue weighted by Crippen LogP contribution is -2.29. The Morgan fingerprint density at radius 2 is 1.90 bits per heavy atom. The molecular weight excluding hydrogens is 354 g/mol. The van der Waals surface area contributed by atoms with Crippen LogP contribution in [0.5, 0.6) is 0 Å². The Kier molecular flexibility index (Phi) is 4.85. The summed E-state index contributed by atoms with van der Waals surface area (Å²) in [6.45, 7) is 5.33. The first-order valence-corrected chi connectivity index (χ1v) is 8.92. The van der Waals surface area contributed by atoms with Crippen molar-refractivity contribution in [3.05, 3.63) is 45.7 Å². The van der Waals surface area contributed by atoms with Crippen molar-refractivity contribution < 1.29 is 8.42 Å². The first kappa shape index (κ1) is 16.2. The Balaban J connectivity index is 2.32. The highest BCUT2D eigenvalue weighted by atomic mass is 79.9. The van der Waals surface area contributed by atoms with E-state index in [0.29, 0.717) is 17.8 Å². The minimum Gasteiger partial charge on any atom is -0.281 e. The molecule has 0 bridgehead atoms. The van der Waals surface area contributed by atoms with Gasteiger partial charge >= 0.3 is 0 Å². The maximum atomic E-state index is 12.6. The van der Waals surface area contributed by atoms with Crippen LogP contribution in [0.3, 0.4) is 0 Å². The van der Waals surface area contributed by atoms with Crippen LogP contribution in [0.2, 0.25) is 0 Å². The van der Waals surface area contributed by atoms with E-state index in [0.717, 1.165) is 10.0 Å². The van der Waals surface area contributed by atoms with Crippen LogP contribution in [0.25, 0.3) is 0 Å². The molecule has 0 saturated carbocycles. The van der Waals surface area contributed by atoms with E-state index in [1.165, 1.54) is 0 Å². The fourth-order valence-electron chi connectivity index (χ4n) is 2.26. The first-order valence-electron chi connectivity index (χ1n) is 6.64. The molecule has 2 rings (SSSR count). The maximum absolute atomic E-state index is 12.6. The number of aromatic nitrogens is 2. The summed E-state index contributed by atoms with van der Waals surface area (Å²) in [5.41, 5.74) is 1.96. The molecule has 2 aromatic rings. The lowest BCUT2D eigenvalue weighted by Gasteiger charge is -2.17. The highest BCUT2D eigenvalue weighted by Gasteiger charge is 2.25. The van der Waals surface area contributed by atoms with E-state index in [-0.39, 0.29) is 10.9 Å². The largest absolute Gasteiger partial charge is 0.281 e. The lowest BCUT2D eigenvalue weighted by atomic mass is 10.1. The van der Waals surface area contributed by atoms with Gasteiger partial charge in [0.25, 0.3) is 0 Å². The molecule has 2 N–H and O–H groups in total. The third kappa shape index (κ3) is 3.53. The van der Waals surface area contributed by atoms with Gasteiger partial charge in [-0.1, -0.05) is 35.0 Å². The van der Waals surface area contributed by atoms with Crippen LogP contribution in [0.4, 0.5) is 0 Å². The normalized spacial score (nSPS) is 13.3. The number of aromatic amines is 1. The van der Waals surface area contributed by atoms with Gasteiger partial charge in [0.1, 0.15) is 4.90 Å². The number of benzene rings is 1. The predicted molar refractivity (Wildman–Crippen MR) is 85.6 cm³/mol. The van der Waals surface area contributed by atoms with Crippen LogP contribution in [-0.4, -0.2) is 18.6 Å². The van der Waals surface area contributed by atoms with Gasteiger partial charge < -0.3 is 0 Å². The van der Waals surface area contributed by atoms with Gasteiger partial charge in [0.2, 0.25) is 10.0 Å². The van der Waals surface area contributed by atoms with Gasteiger partial charge in [0, 0.05) is 10.5 Å². The molecule has 0 saturated heterocycles. The quantitative estimate of drug-likeness (QED) is 0.846. The first-order chi connectivity index (χ1) is 9.85.